The first-order valence-electron chi connectivity index (χ1n) is 9.11. The van der Waals surface area contributed by atoms with E-state index in [0.29, 0.717) is 25.4 Å². The average molecular weight is 404 g/mol. The van der Waals surface area contributed by atoms with Crippen molar-refractivity contribution in [2.75, 3.05) is 37.7 Å². The molecule has 0 bridgehead atoms. The summed E-state index contributed by atoms with van der Waals surface area (Å²) in [6, 6.07) is 13.7. The zero-order valence-electron chi connectivity index (χ0n) is 15.8. The first-order chi connectivity index (χ1) is 13.5. The number of sulfonamides is 1. The molecule has 8 heteroatoms. The Morgan fingerprint density at radius 2 is 1.89 bits per heavy atom. The van der Waals surface area contributed by atoms with Crippen LogP contribution < -0.4 is 14.4 Å². The maximum Gasteiger partial charge on any atom is 0.264 e. The van der Waals surface area contributed by atoms with E-state index in [0.717, 1.165) is 24.1 Å². The van der Waals surface area contributed by atoms with E-state index in [9.17, 15) is 13.2 Å². The van der Waals surface area contributed by atoms with Crippen LogP contribution in [0, 0.1) is 0 Å². The molecule has 1 N–H and O–H groups in total. The molecule has 7 nitrogen and oxygen atoms in total. The number of nitrogens with one attached hydrogen (secondary N) is 1. The van der Waals surface area contributed by atoms with Crippen LogP contribution in [0.15, 0.2) is 53.4 Å². The van der Waals surface area contributed by atoms with Gasteiger partial charge in [0, 0.05) is 20.2 Å². The molecule has 0 unspecified atom stereocenters. The largest absolute Gasteiger partial charge is 0.484 e. The Morgan fingerprint density at radius 3 is 2.64 bits per heavy atom. The highest BCUT2D eigenvalue weighted by Gasteiger charge is 2.28. The fraction of sp³-hybridized carbons (Fsp3) is 0.350. The number of aryl methyl sites for hydroxylation is 1. The summed E-state index contributed by atoms with van der Waals surface area (Å²) in [6.07, 6.45) is 1.66. The van der Waals surface area contributed by atoms with Crippen molar-refractivity contribution in [3.63, 3.8) is 0 Å². The Kier molecular flexibility index (Phi) is 6.53. The number of ether oxygens (including phenoxy) is 2. The van der Waals surface area contributed by atoms with Crippen molar-refractivity contribution in [1.29, 1.82) is 0 Å². The number of hydrogen-bond donors (Lipinski definition) is 1. The number of methoxy groups -OCH3 is 1. The minimum absolute atomic E-state index is 0.144. The highest BCUT2D eigenvalue weighted by molar-refractivity contribution is 7.92. The Morgan fingerprint density at radius 1 is 1.14 bits per heavy atom. The first-order valence-corrected chi connectivity index (χ1v) is 10.6. The molecule has 1 aliphatic heterocycles. The summed E-state index contributed by atoms with van der Waals surface area (Å²) in [5, 5.41) is 2.65. The van der Waals surface area contributed by atoms with Crippen molar-refractivity contribution in [3.05, 3.63) is 54.1 Å². The molecular formula is C20H24N2O5S. The number of fused-ring (bicyclic) bond motifs is 1. The molecule has 0 aromatic heterocycles. The van der Waals surface area contributed by atoms with Gasteiger partial charge >= 0.3 is 0 Å². The lowest BCUT2D eigenvalue weighted by atomic mass is 10.0. The molecule has 0 fully saturated rings. The van der Waals surface area contributed by atoms with E-state index in [-0.39, 0.29) is 17.4 Å². The van der Waals surface area contributed by atoms with Gasteiger partial charge in [-0.15, -0.1) is 0 Å². The van der Waals surface area contributed by atoms with Gasteiger partial charge in [0.15, 0.2) is 6.61 Å². The van der Waals surface area contributed by atoms with Crippen molar-refractivity contribution in [2.45, 2.75) is 17.7 Å². The van der Waals surface area contributed by atoms with Crippen molar-refractivity contribution in [2.24, 2.45) is 0 Å². The Labute approximate surface area is 165 Å². The lowest BCUT2D eigenvalue weighted by Gasteiger charge is -2.30. The predicted molar refractivity (Wildman–Crippen MR) is 106 cm³/mol. The molecule has 0 atom stereocenters. The number of amides is 1. The third-order valence-electron chi connectivity index (χ3n) is 4.48. The number of hydrogen-bond acceptors (Lipinski definition) is 5. The van der Waals surface area contributed by atoms with Gasteiger partial charge in [-0.3, -0.25) is 9.10 Å². The van der Waals surface area contributed by atoms with Gasteiger partial charge in [0.05, 0.1) is 17.2 Å². The molecule has 2 aromatic rings. The van der Waals surface area contributed by atoms with Crippen LogP contribution in [-0.4, -0.2) is 47.7 Å². The van der Waals surface area contributed by atoms with Gasteiger partial charge in [-0.25, -0.2) is 8.42 Å². The molecule has 0 spiro atoms. The maximum absolute atomic E-state index is 13.1. The van der Waals surface area contributed by atoms with Crippen LogP contribution in [0.3, 0.4) is 0 Å². The van der Waals surface area contributed by atoms with Crippen molar-refractivity contribution in [1.82, 2.24) is 5.32 Å². The van der Waals surface area contributed by atoms with E-state index < -0.39 is 10.0 Å². The van der Waals surface area contributed by atoms with Crippen LogP contribution >= 0.6 is 0 Å². The fourth-order valence-corrected chi connectivity index (χ4v) is 4.62. The second kappa shape index (κ2) is 9.07. The molecule has 150 valence electrons. The number of benzene rings is 2. The number of rotatable bonds is 8. The quantitative estimate of drug-likeness (QED) is 0.680. The predicted octanol–water partition coefficient (Wildman–Crippen LogP) is 1.97. The van der Waals surface area contributed by atoms with Crippen molar-refractivity contribution >= 4 is 21.6 Å². The number of nitrogens with zero attached hydrogens (tertiary/aromatic N) is 1. The summed E-state index contributed by atoms with van der Waals surface area (Å²) in [4.78, 5) is 11.8. The lowest BCUT2D eigenvalue weighted by molar-refractivity contribution is -0.123. The number of para-hydroxylation sites is 1. The summed E-state index contributed by atoms with van der Waals surface area (Å²) in [5.74, 6) is 0.165. The molecule has 0 aliphatic carbocycles. The molecule has 3 rings (SSSR count). The van der Waals surface area contributed by atoms with Gasteiger partial charge < -0.3 is 14.8 Å². The first kappa shape index (κ1) is 20.2. The van der Waals surface area contributed by atoms with Crippen LogP contribution in [0.5, 0.6) is 5.75 Å². The van der Waals surface area contributed by atoms with E-state index in [1.165, 1.54) is 16.4 Å². The summed E-state index contributed by atoms with van der Waals surface area (Å²) in [6.45, 7) is 1.15. The molecular weight excluding hydrogens is 380 g/mol. The zero-order chi connectivity index (χ0) is 20.0. The summed E-state index contributed by atoms with van der Waals surface area (Å²) < 4.78 is 37.9. The molecule has 28 heavy (non-hydrogen) atoms. The third-order valence-corrected chi connectivity index (χ3v) is 6.31. The van der Waals surface area contributed by atoms with Crippen molar-refractivity contribution in [3.8, 4) is 5.75 Å². The molecule has 0 saturated heterocycles. The minimum Gasteiger partial charge on any atom is -0.484 e. The van der Waals surface area contributed by atoms with Gasteiger partial charge in [-0.05, 0) is 48.7 Å². The van der Waals surface area contributed by atoms with E-state index >= 15 is 0 Å². The average Bonchev–Trinajstić information content (AvgIpc) is 2.72. The van der Waals surface area contributed by atoms with Crippen LogP contribution in [0.1, 0.15) is 12.0 Å². The van der Waals surface area contributed by atoms with Gasteiger partial charge in [-0.1, -0.05) is 18.2 Å². The van der Waals surface area contributed by atoms with Gasteiger partial charge in [0.1, 0.15) is 5.75 Å². The smallest absolute Gasteiger partial charge is 0.264 e. The summed E-state index contributed by atoms with van der Waals surface area (Å²) in [5.41, 5.74) is 1.78. The maximum atomic E-state index is 13.1. The van der Waals surface area contributed by atoms with E-state index in [4.69, 9.17) is 9.47 Å². The Hall–Kier alpha value is -2.58. The molecule has 0 radical (unpaired) electrons. The van der Waals surface area contributed by atoms with E-state index in [1.54, 1.807) is 19.2 Å². The second-order valence-corrected chi connectivity index (χ2v) is 8.27. The van der Waals surface area contributed by atoms with Crippen LogP contribution in [0.4, 0.5) is 5.69 Å². The normalized spacial score (nSPS) is 13.7. The zero-order valence-corrected chi connectivity index (χ0v) is 16.6. The minimum atomic E-state index is -3.65. The molecule has 1 aliphatic rings. The number of carbonyl (C=O) groups excluding carboxylic acids is 1. The van der Waals surface area contributed by atoms with Crippen LogP contribution in [0.2, 0.25) is 0 Å². The SMILES string of the molecule is COCCNC(=O)COc1ccc(S(=O)(=O)N2CCCc3ccccc32)cc1. The fourth-order valence-electron chi connectivity index (χ4n) is 3.08. The molecule has 0 saturated carbocycles. The van der Waals surface area contributed by atoms with Gasteiger partial charge in [-0.2, -0.15) is 0 Å². The molecule has 1 amide bonds. The van der Waals surface area contributed by atoms with Gasteiger partial charge in [0.25, 0.3) is 15.9 Å². The van der Waals surface area contributed by atoms with Crippen molar-refractivity contribution < 1.29 is 22.7 Å². The van der Waals surface area contributed by atoms with Crippen LogP contribution in [-0.2, 0) is 26.0 Å². The monoisotopic (exact) mass is 404 g/mol. The van der Waals surface area contributed by atoms with E-state index in [2.05, 4.69) is 5.32 Å². The van der Waals surface area contributed by atoms with Gasteiger partial charge in [0.2, 0.25) is 0 Å². The third kappa shape index (κ3) is 4.63. The second-order valence-electron chi connectivity index (χ2n) is 6.41. The number of carbonyl (C=O) groups is 1. The summed E-state index contributed by atoms with van der Waals surface area (Å²) in [7, 11) is -2.10. The molecule has 1 heterocycles. The molecule has 2 aromatic carbocycles. The number of anilines is 1. The summed E-state index contributed by atoms with van der Waals surface area (Å²) >= 11 is 0. The topological polar surface area (TPSA) is 84.9 Å². The van der Waals surface area contributed by atoms with E-state index in [1.807, 2.05) is 24.3 Å². The Bertz CT molecular complexity index is 912. The highest BCUT2D eigenvalue weighted by atomic mass is 32.2. The highest BCUT2D eigenvalue weighted by Crippen LogP contribution is 2.32. The van der Waals surface area contributed by atoms with Crippen LogP contribution in [0.25, 0.3) is 0 Å². The Balaban J connectivity index is 1.67. The lowest BCUT2D eigenvalue weighted by Crippen LogP contribution is -2.35. The standard InChI is InChI=1S/C20H24N2O5S/c1-26-14-12-21-20(23)15-27-17-8-10-18(11-9-17)28(24,25)22-13-4-6-16-5-2-3-7-19(16)22/h2-3,5,7-11H,4,6,12-15H2,1H3,(H,21,23).